The smallest absolute Gasteiger partial charge is 0.339 e. The van der Waals surface area contributed by atoms with Gasteiger partial charge in [0.15, 0.2) is 29.3 Å². The molecular formula is C34H38O16. The van der Waals surface area contributed by atoms with Gasteiger partial charge >= 0.3 is 5.97 Å². The Hall–Kier alpha value is -3.97. The van der Waals surface area contributed by atoms with Crippen molar-refractivity contribution in [3.63, 3.8) is 0 Å². The van der Waals surface area contributed by atoms with Crippen molar-refractivity contribution in [3.05, 3.63) is 41.5 Å². The number of carbonyl (C=O) groups is 1. The number of cyclic esters (lactones) is 1. The molecule has 0 saturated carbocycles. The molecule has 4 N–H and O–H groups in total. The van der Waals surface area contributed by atoms with Gasteiger partial charge in [-0.2, -0.15) is 0 Å². The third-order valence-corrected chi connectivity index (χ3v) is 9.37. The molecule has 3 aromatic carbocycles. The van der Waals surface area contributed by atoms with Gasteiger partial charge in [-0.05, 0) is 35.2 Å². The molecular weight excluding hydrogens is 664 g/mol. The first kappa shape index (κ1) is 34.5. The zero-order chi connectivity index (χ0) is 35.3. The fraction of sp³-hybridized carbons (Fsp3) is 0.500. The number of carbonyl (C=O) groups excluding carboxylic acids is 1. The van der Waals surface area contributed by atoms with E-state index in [0.29, 0.717) is 50.5 Å². The summed E-state index contributed by atoms with van der Waals surface area (Å²) in [7, 11) is 5.73. The average molecular weight is 703 g/mol. The van der Waals surface area contributed by atoms with Gasteiger partial charge in [-0.15, -0.1) is 0 Å². The molecule has 0 unspecified atom stereocenters. The minimum absolute atomic E-state index is 0.0607. The molecule has 4 aliphatic rings. The highest BCUT2D eigenvalue weighted by Gasteiger charge is 2.51. The molecule has 7 rings (SSSR count). The number of rotatable bonds is 10. The summed E-state index contributed by atoms with van der Waals surface area (Å²) in [5.74, 6) is 1.28. The third-order valence-electron chi connectivity index (χ3n) is 9.37. The zero-order valence-corrected chi connectivity index (χ0v) is 27.6. The molecule has 0 spiro atoms. The molecule has 16 nitrogen and oxygen atoms in total. The first-order chi connectivity index (χ1) is 24.2. The second-order valence-corrected chi connectivity index (χ2v) is 12.0. The number of aliphatic hydroxyl groups is 4. The SMILES string of the molecule is COc1cc2c(O[C@@H]3O[C@H](CO)[C@@H](O[C@@H]4OC[C@@H](O)[C@H](OC)[C@H]4OC)[C@H](O)[C@H]3O)c3c(c(-c4ccc5c(c4)OCO5)c2cc1OC)C(=O)OC3. The monoisotopic (exact) mass is 702 g/mol. The average Bonchev–Trinajstić information content (AvgIpc) is 3.77. The summed E-state index contributed by atoms with van der Waals surface area (Å²) in [4.78, 5) is 13.4. The Bertz CT molecular complexity index is 1740. The lowest BCUT2D eigenvalue weighted by Gasteiger charge is -2.45. The molecule has 0 amide bonds. The van der Waals surface area contributed by atoms with Crippen LogP contribution in [-0.2, 0) is 35.0 Å². The summed E-state index contributed by atoms with van der Waals surface area (Å²) >= 11 is 0. The number of hydrogen-bond donors (Lipinski definition) is 4. The molecule has 4 heterocycles. The fourth-order valence-corrected chi connectivity index (χ4v) is 6.89. The lowest BCUT2D eigenvalue weighted by molar-refractivity contribution is -0.342. The molecule has 2 fully saturated rings. The first-order valence-corrected chi connectivity index (χ1v) is 15.8. The highest BCUT2D eigenvalue weighted by atomic mass is 16.7. The Labute approximate surface area is 285 Å². The van der Waals surface area contributed by atoms with Crippen LogP contribution in [0.1, 0.15) is 15.9 Å². The predicted molar refractivity (Wildman–Crippen MR) is 168 cm³/mol. The van der Waals surface area contributed by atoms with Crippen molar-refractivity contribution in [3.8, 4) is 39.9 Å². The van der Waals surface area contributed by atoms with Gasteiger partial charge in [0.25, 0.3) is 0 Å². The Kier molecular flexibility index (Phi) is 9.64. The van der Waals surface area contributed by atoms with E-state index in [1.807, 2.05) is 0 Å². The number of ether oxygens (including phenoxy) is 11. The predicted octanol–water partition coefficient (Wildman–Crippen LogP) is 0.873. The van der Waals surface area contributed by atoms with E-state index in [1.54, 1.807) is 30.3 Å². The van der Waals surface area contributed by atoms with E-state index in [1.165, 1.54) is 28.4 Å². The minimum Gasteiger partial charge on any atom is -0.493 e. The number of esters is 1. The van der Waals surface area contributed by atoms with Crippen LogP contribution in [0.25, 0.3) is 21.9 Å². The quantitative estimate of drug-likeness (QED) is 0.217. The largest absolute Gasteiger partial charge is 0.493 e. The van der Waals surface area contributed by atoms with Crippen molar-refractivity contribution in [2.45, 2.75) is 61.9 Å². The van der Waals surface area contributed by atoms with E-state index in [9.17, 15) is 25.2 Å². The molecule has 0 radical (unpaired) electrons. The number of aliphatic hydroxyl groups excluding tert-OH is 4. The molecule has 270 valence electrons. The lowest BCUT2D eigenvalue weighted by atomic mass is 9.89. The second-order valence-electron chi connectivity index (χ2n) is 12.0. The van der Waals surface area contributed by atoms with Crippen molar-refractivity contribution in [2.75, 3.05) is 48.4 Å². The lowest BCUT2D eigenvalue weighted by Crippen LogP contribution is -2.64. The highest BCUT2D eigenvalue weighted by molar-refractivity contribution is 6.14. The van der Waals surface area contributed by atoms with Crippen molar-refractivity contribution in [1.82, 2.24) is 0 Å². The summed E-state index contributed by atoms with van der Waals surface area (Å²) in [6, 6.07) is 8.65. The minimum atomic E-state index is -1.73. The fourth-order valence-electron chi connectivity index (χ4n) is 6.89. The van der Waals surface area contributed by atoms with Crippen LogP contribution in [0.15, 0.2) is 30.3 Å². The molecule has 0 bridgehead atoms. The molecule has 0 aromatic heterocycles. The van der Waals surface area contributed by atoms with Crippen LogP contribution >= 0.6 is 0 Å². The van der Waals surface area contributed by atoms with Gasteiger partial charge in [-0.1, -0.05) is 6.07 Å². The van der Waals surface area contributed by atoms with E-state index in [-0.39, 0.29) is 31.3 Å². The van der Waals surface area contributed by atoms with Crippen LogP contribution < -0.4 is 23.7 Å². The highest BCUT2D eigenvalue weighted by Crippen LogP contribution is 2.50. The molecule has 4 aliphatic heterocycles. The van der Waals surface area contributed by atoms with E-state index >= 15 is 0 Å². The molecule has 3 aromatic rings. The number of hydrogen-bond acceptors (Lipinski definition) is 16. The van der Waals surface area contributed by atoms with Gasteiger partial charge in [0.2, 0.25) is 13.1 Å². The van der Waals surface area contributed by atoms with E-state index in [4.69, 9.17) is 52.1 Å². The van der Waals surface area contributed by atoms with Gasteiger partial charge < -0.3 is 72.5 Å². The van der Waals surface area contributed by atoms with Crippen LogP contribution in [0.3, 0.4) is 0 Å². The van der Waals surface area contributed by atoms with Crippen molar-refractivity contribution in [2.24, 2.45) is 0 Å². The van der Waals surface area contributed by atoms with Crippen molar-refractivity contribution >= 4 is 16.7 Å². The second kappa shape index (κ2) is 14.0. The van der Waals surface area contributed by atoms with Gasteiger partial charge in [0, 0.05) is 30.7 Å². The maximum atomic E-state index is 13.4. The van der Waals surface area contributed by atoms with Gasteiger partial charge in [-0.3, -0.25) is 0 Å². The van der Waals surface area contributed by atoms with Crippen LogP contribution in [0.5, 0.6) is 28.7 Å². The van der Waals surface area contributed by atoms with Gasteiger partial charge in [-0.25, -0.2) is 4.79 Å². The topological polar surface area (TPSA) is 200 Å². The molecule has 0 aliphatic carbocycles. The van der Waals surface area contributed by atoms with Crippen LogP contribution in [-0.4, -0.2) is 130 Å². The Morgan fingerprint density at radius 3 is 2.22 bits per heavy atom. The maximum absolute atomic E-state index is 13.4. The normalized spacial score (nSPS) is 30.2. The number of benzene rings is 3. The molecule has 9 atom stereocenters. The van der Waals surface area contributed by atoms with E-state index in [2.05, 4.69) is 0 Å². The first-order valence-electron chi connectivity index (χ1n) is 15.8. The summed E-state index contributed by atoms with van der Waals surface area (Å²) in [5.41, 5.74) is 1.70. The number of methoxy groups -OCH3 is 4. The maximum Gasteiger partial charge on any atom is 0.339 e. The summed E-state index contributed by atoms with van der Waals surface area (Å²) in [6.07, 6.45) is -11.4. The van der Waals surface area contributed by atoms with Gasteiger partial charge in [0.1, 0.15) is 55.1 Å². The molecule has 16 heteroatoms. The Morgan fingerprint density at radius 2 is 1.52 bits per heavy atom. The van der Waals surface area contributed by atoms with Crippen molar-refractivity contribution in [1.29, 1.82) is 0 Å². The summed E-state index contributed by atoms with van der Waals surface area (Å²) < 4.78 is 62.7. The van der Waals surface area contributed by atoms with Crippen LogP contribution in [0, 0.1) is 0 Å². The van der Waals surface area contributed by atoms with Gasteiger partial charge in [0.05, 0.1) is 33.0 Å². The Morgan fingerprint density at radius 1 is 0.800 bits per heavy atom. The van der Waals surface area contributed by atoms with E-state index < -0.39 is 67.9 Å². The van der Waals surface area contributed by atoms with Crippen molar-refractivity contribution < 1.29 is 77.3 Å². The number of fused-ring (bicyclic) bond motifs is 3. The molecule has 50 heavy (non-hydrogen) atoms. The van der Waals surface area contributed by atoms with Crippen LogP contribution in [0.2, 0.25) is 0 Å². The van der Waals surface area contributed by atoms with E-state index in [0.717, 1.165) is 0 Å². The summed E-state index contributed by atoms with van der Waals surface area (Å²) in [5, 5.41) is 44.3. The summed E-state index contributed by atoms with van der Waals surface area (Å²) in [6.45, 7) is -0.912. The van der Waals surface area contributed by atoms with Crippen LogP contribution in [0.4, 0.5) is 0 Å². The zero-order valence-electron chi connectivity index (χ0n) is 27.6. The third kappa shape index (κ3) is 5.75. The molecule has 2 saturated heterocycles. The standard InChI is InChI=1S/C34H38O16/c1-40-20-8-15-16(9-21(20)41-2)28(17-11-44-32(39)25(17)24(15)14-5-6-19-22(7-14)47-13-46-19)49-33-27(38)26(37)30(23(10-35)48-33)50-34-31(43-4)29(42-3)18(36)12-45-34/h5-9,18,23,26-27,29-31,33-38H,10-13H2,1-4H3/t18-,23-,26-,27-,29+,30-,31-,33+,34+/m1/s1. The Balaban J connectivity index is 1.27.